The molecular weight excluding hydrogens is 366 g/mol. The van der Waals surface area contributed by atoms with Crippen LogP contribution in [0.4, 0.5) is 11.6 Å². The number of hydrogen-bond donors (Lipinski definition) is 2. The van der Waals surface area contributed by atoms with E-state index in [0.717, 1.165) is 18.4 Å². The van der Waals surface area contributed by atoms with E-state index in [2.05, 4.69) is 41.0 Å². The van der Waals surface area contributed by atoms with Gasteiger partial charge >= 0.3 is 0 Å². The lowest BCUT2D eigenvalue weighted by Crippen LogP contribution is -2.31. The van der Waals surface area contributed by atoms with Crippen molar-refractivity contribution in [2.75, 3.05) is 23.7 Å². The summed E-state index contributed by atoms with van der Waals surface area (Å²) in [5, 5.41) is 5.99. The zero-order chi connectivity index (χ0) is 20.8. The highest BCUT2D eigenvalue weighted by atomic mass is 16.2. The van der Waals surface area contributed by atoms with Gasteiger partial charge in [0.15, 0.2) is 0 Å². The Balaban J connectivity index is 1.54. The molecule has 0 saturated carbocycles. The van der Waals surface area contributed by atoms with Gasteiger partial charge in [0, 0.05) is 42.8 Å². The van der Waals surface area contributed by atoms with Crippen molar-refractivity contribution >= 4 is 23.5 Å². The smallest absolute Gasteiger partial charge is 0.253 e. The van der Waals surface area contributed by atoms with Gasteiger partial charge in [-0.15, -0.1) is 0 Å². The number of nitrogens with one attached hydrogen (secondary N) is 2. The van der Waals surface area contributed by atoms with Gasteiger partial charge in [-0.1, -0.05) is 20.4 Å². The van der Waals surface area contributed by atoms with Crippen LogP contribution in [-0.4, -0.2) is 45.8 Å². The molecule has 152 valence electrons. The van der Waals surface area contributed by atoms with Crippen molar-refractivity contribution in [3.8, 4) is 0 Å². The molecule has 1 aromatic carbocycles. The molecule has 0 bridgehead atoms. The van der Waals surface area contributed by atoms with Crippen molar-refractivity contribution in [2.24, 2.45) is 5.92 Å². The molecule has 0 aliphatic carbocycles. The molecular formula is C22H27N5O2. The predicted molar refractivity (Wildman–Crippen MR) is 114 cm³/mol. The molecule has 2 aromatic rings. The summed E-state index contributed by atoms with van der Waals surface area (Å²) in [7, 11) is 0. The minimum Gasteiger partial charge on any atom is -0.350 e. The second kappa shape index (κ2) is 9.32. The van der Waals surface area contributed by atoms with E-state index in [1.165, 1.54) is 6.08 Å². The molecule has 1 saturated heterocycles. The van der Waals surface area contributed by atoms with Crippen molar-refractivity contribution in [3.05, 3.63) is 60.4 Å². The van der Waals surface area contributed by atoms with E-state index in [-0.39, 0.29) is 17.9 Å². The highest BCUT2D eigenvalue weighted by Crippen LogP contribution is 2.18. The maximum absolute atomic E-state index is 12.7. The molecule has 1 aliphatic rings. The molecule has 0 radical (unpaired) electrons. The molecule has 2 N–H and O–H groups in total. The molecule has 7 nitrogen and oxygen atoms in total. The Labute approximate surface area is 171 Å². The Morgan fingerprint density at radius 2 is 1.93 bits per heavy atom. The van der Waals surface area contributed by atoms with Gasteiger partial charge in [-0.05, 0) is 54.7 Å². The number of hydrogen-bond acceptors (Lipinski definition) is 5. The van der Waals surface area contributed by atoms with E-state index in [1.807, 2.05) is 17.3 Å². The maximum Gasteiger partial charge on any atom is 0.253 e. The van der Waals surface area contributed by atoms with E-state index in [4.69, 9.17) is 0 Å². The third-order valence-electron chi connectivity index (χ3n) is 4.74. The lowest BCUT2D eigenvalue weighted by molar-refractivity contribution is -0.111. The van der Waals surface area contributed by atoms with E-state index >= 15 is 0 Å². The van der Waals surface area contributed by atoms with Crippen LogP contribution >= 0.6 is 0 Å². The zero-order valence-electron chi connectivity index (χ0n) is 16.9. The Kier molecular flexibility index (Phi) is 6.59. The molecule has 0 unspecified atom stereocenters. The maximum atomic E-state index is 12.7. The zero-order valence-corrected chi connectivity index (χ0v) is 16.9. The predicted octanol–water partition coefficient (Wildman–Crippen LogP) is 3.13. The monoisotopic (exact) mass is 393 g/mol. The minimum atomic E-state index is -0.281. The average molecular weight is 393 g/mol. The van der Waals surface area contributed by atoms with Gasteiger partial charge in [-0.25, -0.2) is 9.97 Å². The van der Waals surface area contributed by atoms with Gasteiger partial charge in [0.05, 0.1) is 0 Å². The minimum absolute atomic E-state index is 0.0240. The summed E-state index contributed by atoms with van der Waals surface area (Å²) in [5.74, 6) is 0.861. The van der Waals surface area contributed by atoms with Crippen molar-refractivity contribution < 1.29 is 9.59 Å². The molecule has 1 fully saturated rings. The summed E-state index contributed by atoms with van der Waals surface area (Å²) >= 11 is 0. The number of anilines is 2. The third-order valence-corrected chi connectivity index (χ3v) is 4.74. The second-order valence-electron chi connectivity index (χ2n) is 7.66. The molecule has 1 aromatic heterocycles. The fraction of sp³-hybridized carbons (Fsp3) is 0.364. The molecule has 2 heterocycles. The number of amides is 2. The lowest BCUT2D eigenvalue weighted by atomic mass is 10.1. The first-order valence-electron chi connectivity index (χ1n) is 9.85. The number of aromatic nitrogens is 2. The van der Waals surface area contributed by atoms with Crippen LogP contribution in [0, 0.1) is 5.92 Å². The van der Waals surface area contributed by atoms with Crippen LogP contribution in [0.5, 0.6) is 0 Å². The highest BCUT2D eigenvalue weighted by Gasteiger charge is 2.27. The first-order valence-corrected chi connectivity index (χ1v) is 9.85. The third kappa shape index (κ3) is 5.63. The van der Waals surface area contributed by atoms with Gasteiger partial charge in [0.1, 0.15) is 0 Å². The van der Waals surface area contributed by atoms with Crippen molar-refractivity contribution in [1.29, 1.82) is 0 Å². The summed E-state index contributed by atoms with van der Waals surface area (Å²) in [6.45, 7) is 9.03. The van der Waals surface area contributed by atoms with Crippen LogP contribution in [0.25, 0.3) is 0 Å². The molecule has 1 atom stereocenters. The van der Waals surface area contributed by atoms with Crippen LogP contribution in [0.2, 0.25) is 0 Å². The SMILES string of the molecule is C=CC(=O)Nc1ccc(C(=O)N2CC[C@@H](Nc3ncc(CC(C)C)cn3)C2)cc1. The number of likely N-dealkylation sites (tertiary alicyclic amines) is 1. The van der Waals surface area contributed by atoms with E-state index in [0.29, 0.717) is 36.2 Å². The Morgan fingerprint density at radius 3 is 2.55 bits per heavy atom. The van der Waals surface area contributed by atoms with E-state index in [1.54, 1.807) is 24.3 Å². The average Bonchev–Trinajstić information content (AvgIpc) is 3.17. The van der Waals surface area contributed by atoms with Gasteiger partial charge in [0.25, 0.3) is 5.91 Å². The number of carbonyl (C=O) groups is 2. The van der Waals surface area contributed by atoms with Gasteiger partial charge in [0.2, 0.25) is 11.9 Å². The molecule has 1 aliphatic heterocycles. The van der Waals surface area contributed by atoms with Crippen LogP contribution in [-0.2, 0) is 11.2 Å². The van der Waals surface area contributed by atoms with Crippen LogP contribution in [0.15, 0.2) is 49.3 Å². The molecule has 3 rings (SSSR count). The topological polar surface area (TPSA) is 87.2 Å². The largest absolute Gasteiger partial charge is 0.350 e. The summed E-state index contributed by atoms with van der Waals surface area (Å²) in [6.07, 6.45) is 6.73. The Morgan fingerprint density at radius 1 is 1.24 bits per heavy atom. The summed E-state index contributed by atoms with van der Waals surface area (Å²) in [6, 6.07) is 7.00. The number of rotatable bonds is 7. The van der Waals surface area contributed by atoms with Crippen LogP contribution < -0.4 is 10.6 Å². The summed E-state index contributed by atoms with van der Waals surface area (Å²) in [5.41, 5.74) is 2.35. The first-order chi connectivity index (χ1) is 13.9. The number of nitrogens with zero attached hydrogens (tertiary/aromatic N) is 3. The molecule has 2 amide bonds. The normalized spacial score (nSPS) is 16.0. The molecule has 7 heteroatoms. The van der Waals surface area contributed by atoms with Gasteiger partial charge in [-0.3, -0.25) is 9.59 Å². The molecule has 29 heavy (non-hydrogen) atoms. The van der Waals surface area contributed by atoms with Crippen LogP contribution in [0.3, 0.4) is 0 Å². The fourth-order valence-corrected chi connectivity index (χ4v) is 3.32. The molecule has 0 spiro atoms. The van der Waals surface area contributed by atoms with E-state index < -0.39 is 0 Å². The lowest BCUT2D eigenvalue weighted by Gasteiger charge is -2.17. The van der Waals surface area contributed by atoms with Gasteiger partial charge in [-0.2, -0.15) is 0 Å². The highest BCUT2D eigenvalue weighted by molar-refractivity contribution is 5.99. The van der Waals surface area contributed by atoms with Crippen molar-refractivity contribution in [2.45, 2.75) is 32.7 Å². The number of benzene rings is 1. The summed E-state index contributed by atoms with van der Waals surface area (Å²) < 4.78 is 0. The summed E-state index contributed by atoms with van der Waals surface area (Å²) in [4.78, 5) is 34.7. The van der Waals surface area contributed by atoms with E-state index in [9.17, 15) is 9.59 Å². The first kappa shape index (κ1) is 20.5. The Bertz CT molecular complexity index is 862. The van der Waals surface area contributed by atoms with Crippen LogP contribution in [0.1, 0.15) is 36.2 Å². The second-order valence-corrected chi connectivity index (χ2v) is 7.66. The number of carbonyl (C=O) groups excluding carboxylic acids is 2. The Hall–Kier alpha value is -3.22. The standard InChI is InChI=1S/C22H27N5O2/c1-4-20(28)25-18-7-5-17(6-8-18)21(29)27-10-9-19(14-27)26-22-23-12-16(13-24-22)11-15(2)3/h4-8,12-13,15,19H,1,9-11,14H2,2-3H3,(H,25,28)(H,23,24,26)/t19-/m1/s1. The quantitative estimate of drug-likeness (QED) is 0.706. The van der Waals surface area contributed by atoms with Crippen molar-refractivity contribution in [3.63, 3.8) is 0 Å². The van der Waals surface area contributed by atoms with Gasteiger partial charge < -0.3 is 15.5 Å². The fourth-order valence-electron chi connectivity index (χ4n) is 3.32. The van der Waals surface area contributed by atoms with Crippen molar-refractivity contribution in [1.82, 2.24) is 14.9 Å².